The Kier molecular flexibility index (Phi) is 5.27. The van der Waals surface area contributed by atoms with Gasteiger partial charge in [-0.2, -0.15) is 0 Å². The van der Waals surface area contributed by atoms with Gasteiger partial charge in [0.2, 0.25) is 0 Å². The standard InChI is InChI=1S/C15H23F2N/c1-11(2)10-18-8-7-15(3,4)13-9-12(16)5-6-14(13)17/h5-6,9,11,18H,7-8,10H2,1-4H3. The first kappa shape index (κ1) is 15.1. The number of nitrogens with one attached hydrogen (secondary N) is 1. The minimum atomic E-state index is -0.380. The van der Waals surface area contributed by atoms with Crippen LogP contribution in [0.25, 0.3) is 0 Å². The molecule has 0 radical (unpaired) electrons. The van der Waals surface area contributed by atoms with E-state index in [2.05, 4.69) is 19.2 Å². The van der Waals surface area contributed by atoms with Crippen molar-refractivity contribution in [3.63, 3.8) is 0 Å². The highest BCUT2D eigenvalue weighted by molar-refractivity contribution is 5.26. The molecule has 0 unspecified atom stereocenters. The van der Waals surface area contributed by atoms with Gasteiger partial charge in [-0.15, -0.1) is 0 Å². The first-order chi connectivity index (χ1) is 8.33. The minimum Gasteiger partial charge on any atom is -0.316 e. The monoisotopic (exact) mass is 255 g/mol. The largest absolute Gasteiger partial charge is 0.316 e. The first-order valence-electron chi connectivity index (χ1n) is 6.49. The van der Waals surface area contributed by atoms with Crippen molar-refractivity contribution in [2.45, 2.75) is 39.5 Å². The summed E-state index contributed by atoms with van der Waals surface area (Å²) in [6, 6.07) is 3.66. The van der Waals surface area contributed by atoms with Gasteiger partial charge in [0.05, 0.1) is 0 Å². The highest BCUT2D eigenvalue weighted by atomic mass is 19.1. The van der Waals surface area contributed by atoms with Crippen LogP contribution in [0.4, 0.5) is 8.78 Å². The second-order valence-electron chi connectivity index (χ2n) is 5.86. The molecule has 0 atom stereocenters. The molecule has 0 spiro atoms. The summed E-state index contributed by atoms with van der Waals surface area (Å²) in [6.45, 7) is 9.93. The van der Waals surface area contributed by atoms with Crippen LogP contribution in [0.1, 0.15) is 39.7 Å². The van der Waals surface area contributed by atoms with Gasteiger partial charge < -0.3 is 5.32 Å². The fraction of sp³-hybridized carbons (Fsp3) is 0.600. The van der Waals surface area contributed by atoms with Crippen molar-refractivity contribution < 1.29 is 8.78 Å². The van der Waals surface area contributed by atoms with E-state index in [9.17, 15) is 8.78 Å². The van der Waals surface area contributed by atoms with E-state index < -0.39 is 0 Å². The molecule has 0 fully saturated rings. The van der Waals surface area contributed by atoms with Crippen molar-refractivity contribution in [2.24, 2.45) is 5.92 Å². The van der Waals surface area contributed by atoms with Crippen LogP contribution in [0, 0.1) is 17.6 Å². The SMILES string of the molecule is CC(C)CNCCC(C)(C)c1cc(F)ccc1F. The average molecular weight is 255 g/mol. The van der Waals surface area contributed by atoms with Gasteiger partial charge in [-0.3, -0.25) is 0 Å². The summed E-state index contributed by atoms with van der Waals surface area (Å²) in [6.07, 6.45) is 0.778. The Morgan fingerprint density at radius 2 is 1.89 bits per heavy atom. The Hall–Kier alpha value is -0.960. The van der Waals surface area contributed by atoms with E-state index in [4.69, 9.17) is 0 Å². The van der Waals surface area contributed by atoms with Crippen LogP contribution in [0.3, 0.4) is 0 Å². The highest BCUT2D eigenvalue weighted by Gasteiger charge is 2.24. The zero-order valence-corrected chi connectivity index (χ0v) is 11.7. The van der Waals surface area contributed by atoms with Gasteiger partial charge in [0.25, 0.3) is 0 Å². The fourth-order valence-corrected chi connectivity index (χ4v) is 1.94. The third kappa shape index (κ3) is 4.37. The van der Waals surface area contributed by atoms with Crippen molar-refractivity contribution in [2.75, 3.05) is 13.1 Å². The normalized spacial score (nSPS) is 12.2. The lowest BCUT2D eigenvalue weighted by Gasteiger charge is -2.26. The second kappa shape index (κ2) is 6.28. The smallest absolute Gasteiger partial charge is 0.127 e. The minimum absolute atomic E-state index is 0.328. The molecule has 1 aromatic rings. The van der Waals surface area contributed by atoms with Gasteiger partial charge in [0, 0.05) is 0 Å². The van der Waals surface area contributed by atoms with Gasteiger partial charge in [-0.1, -0.05) is 27.7 Å². The van der Waals surface area contributed by atoms with Crippen molar-refractivity contribution in [1.29, 1.82) is 0 Å². The molecule has 0 amide bonds. The van der Waals surface area contributed by atoms with Crippen LogP contribution in [0.2, 0.25) is 0 Å². The van der Waals surface area contributed by atoms with E-state index in [0.29, 0.717) is 11.5 Å². The molecular formula is C15H23F2N. The van der Waals surface area contributed by atoms with Gasteiger partial charge >= 0.3 is 0 Å². The van der Waals surface area contributed by atoms with Crippen LogP contribution in [-0.2, 0) is 5.41 Å². The van der Waals surface area contributed by atoms with Crippen molar-refractivity contribution in [3.05, 3.63) is 35.4 Å². The molecule has 1 N–H and O–H groups in total. The lowest BCUT2D eigenvalue weighted by molar-refractivity contribution is 0.421. The maximum Gasteiger partial charge on any atom is 0.127 e. The van der Waals surface area contributed by atoms with E-state index in [1.807, 2.05) is 13.8 Å². The van der Waals surface area contributed by atoms with Gasteiger partial charge in [-0.05, 0) is 54.6 Å². The van der Waals surface area contributed by atoms with E-state index in [1.54, 1.807) is 0 Å². The van der Waals surface area contributed by atoms with Gasteiger partial charge in [0.15, 0.2) is 0 Å². The molecule has 0 aliphatic rings. The summed E-state index contributed by atoms with van der Waals surface area (Å²) in [5, 5.41) is 3.33. The molecule has 18 heavy (non-hydrogen) atoms. The molecule has 1 aromatic carbocycles. The summed E-state index contributed by atoms with van der Waals surface area (Å²) in [5.74, 6) is -0.112. The topological polar surface area (TPSA) is 12.0 Å². The Morgan fingerprint density at radius 1 is 1.22 bits per heavy atom. The van der Waals surface area contributed by atoms with Crippen molar-refractivity contribution in [1.82, 2.24) is 5.32 Å². The first-order valence-corrected chi connectivity index (χ1v) is 6.49. The zero-order chi connectivity index (χ0) is 13.8. The maximum absolute atomic E-state index is 13.7. The average Bonchev–Trinajstić information content (AvgIpc) is 2.27. The molecule has 0 saturated heterocycles. The molecule has 1 rings (SSSR count). The molecule has 0 aliphatic carbocycles. The third-order valence-corrected chi connectivity index (χ3v) is 3.14. The summed E-state index contributed by atoms with van der Waals surface area (Å²) in [7, 11) is 0. The number of benzene rings is 1. The molecule has 3 heteroatoms. The van der Waals surface area contributed by atoms with Crippen LogP contribution in [0.5, 0.6) is 0 Å². The van der Waals surface area contributed by atoms with Crippen LogP contribution < -0.4 is 5.32 Å². The molecule has 0 bridgehead atoms. The number of rotatable bonds is 6. The Bertz CT molecular complexity index is 386. The quantitative estimate of drug-likeness (QED) is 0.761. The van der Waals surface area contributed by atoms with E-state index in [-0.39, 0.29) is 17.0 Å². The Morgan fingerprint density at radius 3 is 2.50 bits per heavy atom. The summed E-state index contributed by atoms with van der Waals surface area (Å²) < 4.78 is 26.9. The predicted molar refractivity (Wildman–Crippen MR) is 71.7 cm³/mol. The molecule has 0 aliphatic heterocycles. The molecule has 1 nitrogen and oxygen atoms in total. The summed E-state index contributed by atoms with van der Waals surface area (Å²) in [4.78, 5) is 0. The Balaban J connectivity index is 2.64. The van der Waals surface area contributed by atoms with Crippen molar-refractivity contribution >= 4 is 0 Å². The third-order valence-electron chi connectivity index (χ3n) is 3.14. The summed E-state index contributed by atoms with van der Waals surface area (Å²) in [5.41, 5.74) is 0.0877. The molecule has 0 heterocycles. The highest BCUT2D eigenvalue weighted by Crippen LogP contribution is 2.29. The fourth-order valence-electron chi connectivity index (χ4n) is 1.94. The molecule has 0 aromatic heterocycles. The number of halogens is 2. The number of hydrogen-bond donors (Lipinski definition) is 1. The maximum atomic E-state index is 13.7. The van der Waals surface area contributed by atoms with Crippen LogP contribution in [-0.4, -0.2) is 13.1 Å². The lowest BCUT2D eigenvalue weighted by atomic mass is 9.81. The van der Waals surface area contributed by atoms with Crippen molar-refractivity contribution in [3.8, 4) is 0 Å². The van der Waals surface area contributed by atoms with Gasteiger partial charge in [-0.25, -0.2) is 8.78 Å². The van der Waals surface area contributed by atoms with Gasteiger partial charge in [0.1, 0.15) is 11.6 Å². The second-order valence-corrected chi connectivity index (χ2v) is 5.86. The lowest BCUT2D eigenvalue weighted by Crippen LogP contribution is -2.28. The Labute approximate surface area is 109 Å². The molecule has 102 valence electrons. The molecule has 0 saturated carbocycles. The van der Waals surface area contributed by atoms with E-state index >= 15 is 0 Å². The van der Waals surface area contributed by atoms with E-state index in [1.165, 1.54) is 12.1 Å². The zero-order valence-electron chi connectivity index (χ0n) is 11.7. The summed E-state index contributed by atoms with van der Waals surface area (Å²) >= 11 is 0. The van der Waals surface area contributed by atoms with E-state index in [0.717, 1.165) is 25.6 Å². The van der Waals surface area contributed by atoms with Crippen LogP contribution >= 0.6 is 0 Å². The number of hydrogen-bond acceptors (Lipinski definition) is 1. The predicted octanol–water partition coefficient (Wildman–Crippen LogP) is 3.88. The molecular weight excluding hydrogens is 232 g/mol. The van der Waals surface area contributed by atoms with Crippen LogP contribution in [0.15, 0.2) is 18.2 Å².